The molecule has 0 spiro atoms. The smallest absolute Gasteiger partial charge is 0.313 e. The van der Waals surface area contributed by atoms with Crippen molar-refractivity contribution < 1.29 is 14.7 Å². The highest BCUT2D eigenvalue weighted by Gasteiger charge is 2.29. The van der Waals surface area contributed by atoms with Gasteiger partial charge in [-0.2, -0.15) is 0 Å². The van der Waals surface area contributed by atoms with Gasteiger partial charge in [-0.05, 0) is 44.4 Å². The Morgan fingerprint density at radius 3 is 2.28 bits per heavy atom. The highest BCUT2D eigenvalue weighted by Crippen LogP contribution is 2.25. The zero-order valence-corrected chi connectivity index (χ0v) is 15.1. The molecule has 0 aliphatic rings. The molecule has 0 radical (unpaired) electrons. The molecule has 0 aliphatic heterocycles. The number of hydrogen-bond donors (Lipinski definition) is 2. The Bertz CT molecular complexity index is 796. The van der Waals surface area contributed by atoms with Gasteiger partial charge >= 0.3 is 5.97 Å². The number of carbonyl (C=O) groups excluding carboxylic acids is 1. The van der Waals surface area contributed by atoms with Crippen LogP contribution < -0.4 is 5.32 Å². The molecule has 6 heteroatoms. The molecule has 0 saturated heterocycles. The van der Waals surface area contributed by atoms with Crippen molar-refractivity contribution in [1.29, 1.82) is 0 Å². The average molecular weight is 341 g/mol. The van der Waals surface area contributed by atoms with Gasteiger partial charge in [-0.25, -0.2) is 9.97 Å². The third-order valence-electron chi connectivity index (χ3n) is 4.13. The highest BCUT2D eigenvalue weighted by molar-refractivity contribution is 6.05. The Balaban J connectivity index is 2.23. The zero-order chi connectivity index (χ0) is 18.8. The van der Waals surface area contributed by atoms with Gasteiger partial charge in [0.15, 0.2) is 0 Å². The summed E-state index contributed by atoms with van der Waals surface area (Å²) in [6.45, 7) is 9.02. The van der Waals surface area contributed by atoms with E-state index in [1.165, 1.54) is 6.20 Å². The van der Waals surface area contributed by atoms with E-state index in [1.54, 1.807) is 45.0 Å². The van der Waals surface area contributed by atoms with Crippen molar-refractivity contribution in [3.05, 3.63) is 53.1 Å². The normalized spacial score (nSPS) is 11.4. The summed E-state index contributed by atoms with van der Waals surface area (Å²) < 4.78 is 0. The first-order valence-corrected chi connectivity index (χ1v) is 8.11. The largest absolute Gasteiger partial charge is 0.481 e. The lowest BCUT2D eigenvalue weighted by Crippen LogP contribution is -2.28. The highest BCUT2D eigenvalue weighted by atomic mass is 16.4. The molecule has 1 aromatic carbocycles. The summed E-state index contributed by atoms with van der Waals surface area (Å²) >= 11 is 0. The van der Waals surface area contributed by atoms with Crippen molar-refractivity contribution in [3.63, 3.8) is 0 Å². The molecule has 25 heavy (non-hydrogen) atoms. The first kappa shape index (κ1) is 18.6. The third kappa shape index (κ3) is 4.02. The molecule has 2 N–H and O–H groups in total. The van der Waals surface area contributed by atoms with Crippen molar-refractivity contribution in [2.75, 3.05) is 5.32 Å². The number of carbonyl (C=O) groups is 2. The number of aliphatic carboxylic acids is 1. The van der Waals surface area contributed by atoms with Crippen LogP contribution in [0.1, 0.15) is 61.1 Å². The molecule has 132 valence electrons. The second-order valence-corrected chi connectivity index (χ2v) is 6.83. The van der Waals surface area contributed by atoms with Gasteiger partial charge in [0, 0.05) is 11.9 Å². The second-order valence-electron chi connectivity index (χ2n) is 6.83. The van der Waals surface area contributed by atoms with Crippen molar-refractivity contribution in [2.24, 2.45) is 0 Å². The first-order valence-electron chi connectivity index (χ1n) is 8.11. The number of amides is 1. The quantitative estimate of drug-likeness (QED) is 0.868. The molecule has 1 amide bonds. The maximum atomic E-state index is 12.6. The van der Waals surface area contributed by atoms with E-state index in [0.717, 1.165) is 0 Å². The number of aryl methyl sites for hydroxylation is 1. The Hall–Kier alpha value is -2.76. The predicted octanol–water partition coefficient (Wildman–Crippen LogP) is 3.52. The van der Waals surface area contributed by atoms with Crippen LogP contribution in [0, 0.1) is 6.92 Å². The summed E-state index contributed by atoms with van der Waals surface area (Å²) in [7, 11) is 0. The van der Waals surface area contributed by atoms with Gasteiger partial charge in [0.25, 0.3) is 5.91 Å². The molecule has 0 atom stereocenters. The molecule has 0 saturated carbocycles. The molecule has 6 nitrogen and oxygen atoms in total. The Morgan fingerprint density at radius 2 is 1.76 bits per heavy atom. The molecule has 2 aromatic rings. The van der Waals surface area contributed by atoms with Crippen molar-refractivity contribution >= 4 is 17.6 Å². The van der Waals surface area contributed by atoms with E-state index in [1.807, 2.05) is 13.8 Å². The molecular weight excluding hydrogens is 318 g/mol. The lowest BCUT2D eigenvalue weighted by molar-refractivity contribution is -0.142. The molecule has 1 heterocycles. The van der Waals surface area contributed by atoms with E-state index < -0.39 is 11.4 Å². The average Bonchev–Trinajstić information content (AvgIpc) is 2.54. The van der Waals surface area contributed by atoms with Gasteiger partial charge in [0.1, 0.15) is 5.82 Å². The van der Waals surface area contributed by atoms with Gasteiger partial charge in [0.2, 0.25) is 0 Å². The summed E-state index contributed by atoms with van der Waals surface area (Å²) in [5.41, 5.74) is 1.41. The predicted molar refractivity (Wildman–Crippen MR) is 95.9 cm³/mol. The van der Waals surface area contributed by atoms with Gasteiger partial charge in [0.05, 0.1) is 16.7 Å². The maximum absolute atomic E-state index is 12.6. The first-order chi connectivity index (χ1) is 11.6. The fourth-order valence-electron chi connectivity index (χ4n) is 2.39. The van der Waals surface area contributed by atoms with E-state index in [4.69, 9.17) is 0 Å². The number of anilines is 1. The fourth-order valence-corrected chi connectivity index (χ4v) is 2.39. The molecular formula is C19H23N3O3. The lowest BCUT2D eigenvalue weighted by atomic mass is 9.85. The van der Waals surface area contributed by atoms with Gasteiger partial charge in [-0.15, -0.1) is 0 Å². The number of rotatable bonds is 5. The number of hydrogen-bond acceptors (Lipinski definition) is 4. The molecule has 2 rings (SSSR count). The number of nitrogens with zero attached hydrogens (tertiary/aromatic N) is 2. The maximum Gasteiger partial charge on any atom is 0.313 e. The third-order valence-corrected chi connectivity index (χ3v) is 4.13. The fraction of sp³-hybridized carbons (Fsp3) is 0.368. The number of benzene rings is 1. The minimum atomic E-state index is -0.988. The van der Waals surface area contributed by atoms with Crippen LogP contribution in [0.15, 0.2) is 30.5 Å². The van der Waals surface area contributed by atoms with E-state index in [2.05, 4.69) is 15.3 Å². The second kappa shape index (κ2) is 7.01. The van der Waals surface area contributed by atoms with Crippen LogP contribution in [-0.4, -0.2) is 27.0 Å². The van der Waals surface area contributed by atoms with Gasteiger partial charge in [-0.3, -0.25) is 9.59 Å². The van der Waals surface area contributed by atoms with E-state index in [0.29, 0.717) is 28.3 Å². The van der Waals surface area contributed by atoms with Crippen molar-refractivity contribution in [1.82, 2.24) is 9.97 Å². The lowest BCUT2D eigenvalue weighted by Gasteiger charge is -2.20. The Kier molecular flexibility index (Phi) is 5.21. The summed E-state index contributed by atoms with van der Waals surface area (Å²) in [6.07, 6.45) is 1.54. The molecule has 0 fully saturated rings. The molecule has 1 aromatic heterocycles. The Labute approximate surface area is 147 Å². The summed E-state index contributed by atoms with van der Waals surface area (Å²) in [4.78, 5) is 32.3. The van der Waals surface area contributed by atoms with Crippen LogP contribution in [0.2, 0.25) is 0 Å². The van der Waals surface area contributed by atoms with E-state index in [-0.39, 0.29) is 11.8 Å². The number of carboxylic acid groups (broad SMARTS) is 1. The summed E-state index contributed by atoms with van der Waals surface area (Å²) in [5, 5.41) is 12.1. The standard InChI is InChI=1S/C19H23N3O3/c1-11(2)16-15(10-20-12(3)21-16)17(23)22-14-8-6-13(7-9-14)19(4,5)18(24)25/h6-11H,1-5H3,(H,22,23)(H,24,25). The number of nitrogens with one attached hydrogen (secondary N) is 1. The van der Waals surface area contributed by atoms with Crippen molar-refractivity contribution in [3.8, 4) is 0 Å². The summed E-state index contributed by atoms with van der Waals surface area (Å²) in [5.74, 6) is -0.460. The number of carboxylic acids is 1. The van der Waals surface area contributed by atoms with Crippen LogP contribution >= 0.6 is 0 Å². The van der Waals surface area contributed by atoms with Gasteiger partial charge in [-0.1, -0.05) is 26.0 Å². The minimum Gasteiger partial charge on any atom is -0.481 e. The topological polar surface area (TPSA) is 92.2 Å². The van der Waals surface area contributed by atoms with E-state index in [9.17, 15) is 14.7 Å². The molecule has 0 unspecified atom stereocenters. The minimum absolute atomic E-state index is 0.0983. The van der Waals surface area contributed by atoms with Crippen LogP contribution in [-0.2, 0) is 10.2 Å². The zero-order valence-electron chi connectivity index (χ0n) is 15.1. The van der Waals surface area contributed by atoms with Crippen LogP contribution in [0.3, 0.4) is 0 Å². The molecule has 0 bridgehead atoms. The van der Waals surface area contributed by atoms with Crippen molar-refractivity contribution in [2.45, 2.75) is 46.0 Å². The molecule has 0 aliphatic carbocycles. The summed E-state index contributed by atoms with van der Waals surface area (Å²) in [6, 6.07) is 6.81. The SMILES string of the molecule is Cc1ncc(C(=O)Nc2ccc(C(C)(C)C(=O)O)cc2)c(C(C)C)n1. The van der Waals surface area contributed by atoms with Gasteiger partial charge < -0.3 is 10.4 Å². The van der Waals surface area contributed by atoms with Crippen LogP contribution in [0.5, 0.6) is 0 Å². The van der Waals surface area contributed by atoms with Crippen LogP contribution in [0.25, 0.3) is 0 Å². The Morgan fingerprint density at radius 1 is 1.16 bits per heavy atom. The van der Waals surface area contributed by atoms with Crippen LogP contribution in [0.4, 0.5) is 5.69 Å². The van der Waals surface area contributed by atoms with E-state index >= 15 is 0 Å². The monoisotopic (exact) mass is 341 g/mol. The number of aromatic nitrogens is 2.